The third-order valence-electron chi connectivity index (χ3n) is 5.50. The monoisotopic (exact) mass is 475 g/mol. The van der Waals surface area contributed by atoms with E-state index in [-0.39, 0.29) is 5.56 Å². The summed E-state index contributed by atoms with van der Waals surface area (Å²) in [6.45, 7) is 0.829. The molecule has 172 valence electrons. The van der Waals surface area contributed by atoms with Gasteiger partial charge in [0, 0.05) is 43.3 Å². The zero-order valence-electron chi connectivity index (χ0n) is 18.2. The van der Waals surface area contributed by atoms with E-state index in [0.717, 1.165) is 27.0 Å². The standard InChI is InChI=1S/C24H21N5O4S/c1-33-14-29-18-12-15(2-7-19(18)34-23-22(29)25-8-9-27-23)13-28-11-10-26-21(28)20(30)16-3-5-17(6-4-16)24(31)32/h2-12,20,30H,13-14H2,1H3,(H,31,32). The highest BCUT2D eigenvalue weighted by molar-refractivity contribution is 7.99. The molecule has 2 aromatic heterocycles. The van der Waals surface area contributed by atoms with Crippen molar-refractivity contribution in [1.29, 1.82) is 0 Å². The first kappa shape index (κ1) is 22.1. The molecule has 1 aliphatic rings. The molecule has 0 amide bonds. The van der Waals surface area contributed by atoms with Crippen LogP contribution in [0.4, 0.5) is 11.5 Å². The Morgan fingerprint density at radius 3 is 2.65 bits per heavy atom. The number of imidazole rings is 1. The number of nitrogens with zero attached hydrogens (tertiary/aromatic N) is 5. The number of carbonyl (C=O) groups is 1. The zero-order chi connectivity index (χ0) is 23.7. The van der Waals surface area contributed by atoms with E-state index in [0.29, 0.717) is 24.7 Å². The third-order valence-corrected chi connectivity index (χ3v) is 6.55. The van der Waals surface area contributed by atoms with Gasteiger partial charge >= 0.3 is 5.97 Å². The van der Waals surface area contributed by atoms with Crippen molar-refractivity contribution in [2.24, 2.45) is 0 Å². The quantitative estimate of drug-likeness (QED) is 0.413. The molecule has 2 aromatic carbocycles. The summed E-state index contributed by atoms with van der Waals surface area (Å²) in [7, 11) is 1.64. The first-order valence-corrected chi connectivity index (χ1v) is 11.3. The molecule has 0 saturated carbocycles. The maximum Gasteiger partial charge on any atom is 0.335 e. The van der Waals surface area contributed by atoms with Gasteiger partial charge in [0.2, 0.25) is 0 Å². The van der Waals surface area contributed by atoms with Gasteiger partial charge in [0.25, 0.3) is 0 Å². The average molecular weight is 476 g/mol. The van der Waals surface area contributed by atoms with Crippen molar-refractivity contribution in [3.63, 3.8) is 0 Å². The normalized spacial score (nSPS) is 13.3. The Morgan fingerprint density at radius 1 is 1.09 bits per heavy atom. The van der Waals surface area contributed by atoms with Crippen molar-refractivity contribution in [3.8, 4) is 0 Å². The first-order chi connectivity index (χ1) is 16.5. The zero-order valence-corrected chi connectivity index (χ0v) is 19.0. The van der Waals surface area contributed by atoms with Crippen LogP contribution in [-0.2, 0) is 11.3 Å². The molecular formula is C24H21N5O4S. The second kappa shape index (κ2) is 9.26. The van der Waals surface area contributed by atoms with Gasteiger partial charge in [-0.05, 0) is 35.4 Å². The molecule has 1 aliphatic heterocycles. The summed E-state index contributed by atoms with van der Waals surface area (Å²) in [6, 6.07) is 12.3. The van der Waals surface area contributed by atoms with E-state index in [1.165, 1.54) is 12.1 Å². The van der Waals surface area contributed by atoms with E-state index in [1.54, 1.807) is 49.6 Å². The van der Waals surface area contributed by atoms with Crippen LogP contribution < -0.4 is 4.90 Å². The van der Waals surface area contributed by atoms with Crippen molar-refractivity contribution in [1.82, 2.24) is 19.5 Å². The lowest BCUT2D eigenvalue weighted by Gasteiger charge is -2.30. The van der Waals surface area contributed by atoms with E-state index in [9.17, 15) is 9.90 Å². The third kappa shape index (κ3) is 4.14. The van der Waals surface area contributed by atoms with Gasteiger partial charge < -0.3 is 19.5 Å². The molecule has 9 nitrogen and oxygen atoms in total. The van der Waals surface area contributed by atoms with Gasteiger partial charge in [-0.25, -0.2) is 19.7 Å². The van der Waals surface area contributed by atoms with E-state index in [2.05, 4.69) is 21.0 Å². The predicted molar refractivity (Wildman–Crippen MR) is 125 cm³/mol. The van der Waals surface area contributed by atoms with Crippen LogP contribution in [0.3, 0.4) is 0 Å². The number of aliphatic hydroxyl groups is 1. The van der Waals surface area contributed by atoms with Gasteiger partial charge in [0.05, 0.1) is 11.3 Å². The lowest BCUT2D eigenvalue weighted by Crippen LogP contribution is -2.24. The highest BCUT2D eigenvalue weighted by Gasteiger charge is 2.26. The Morgan fingerprint density at radius 2 is 1.88 bits per heavy atom. The summed E-state index contributed by atoms with van der Waals surface area (Å²) in [5, 5.41) is 20.8. The largest absolute Gasteiger partial charge is 0.478 e. The van der Waals surface area contributed by atoms with Crippen LogP contribution in [0.25, 0.3) is 0 Å². The molecule has 0 spiro atoms. The van der Waals surface area contributed by atoms with Gasteiger partial charge in [-0.2, -0.15) is 0 Å². The molecule has 0 saturated heterocycles. The molecule has 0 aliphatic carbocycles. The fourth-order valence-corrected chi connectivity index (χ4v) is 4.85. The van der Waals surface area contributed by atoms with E-state index in [1.807, 2.05) is 27.8 Å². The first-order valence-electron chi connectivity index (χ1n) is 10.5. The van der Waals surface area contributed by atoms with Gasteiger partial charge in [-0.15, -0.1) is 0 Å². The summed E-state index contributed by atoms with van der Waals surface area (Å²) in [5.74, 6) is 0.215. The number of ether oxygens (including phenoxy) is 1. The maximum atomic E-state index is 11.1. The number of carboxylic acids is 1. The van der Waals surface area contributed by atoms with Crippen molar-refractivity contribution in [2.75, 3.05) is 18.7 Å². The number of hydrogen-bond acceptors (Lipinski definition) is 8. The molecule has 0 bridgehead atoms. The number of aromatic carboxylic acids is 1. The predicted octanol–water partition coefficient (Wildman–Crippen LogP) is 3.71. The van der Waals surface area contributed by atoms with Gasteiger partial charge in [-0.3, -0.25) is 4.90 Å². The molecule has 2 N–H and O–H groups in total. The van der Waals surface area contributed by atoms with Crippen LogP contribution in [0.15, 0.2) is 77.2 Å². The number of aromatic nitrogens is 4. The number of aliphatic hydroxyl groups excluding tert-OH is 1. The minimum atomic E-state index is -1.01. The van der Waals surface area contributed by atoms with Crippen LogP contribution >= 0.6 is 11.8 Å². The van der Waals surface area contributed by atoms with Gasteiger partial charge in [-0.1, -0.05) is 30.0 Å². The number of rotatable bonds is 7. The van der Waals surface area contributed by atoms with Crippen LogP contribution in [0.2, 0.25) is 0 Å². The Hall–Kier alpha value is -3.73. The van der Waals surface area contributed by atoms with Crippen LogP contribution in [0.5, 0.6) is 0 Å². The number of methoxy groups -OCH3 is 1. The number of anilines is 2. The van der Waals surface area contributed by atoms with Crippen molar-refractivity contribution in [2.45, 2.75) is 22.6 Å². The number of fused-ring (bicyclic) bond motifs is 2. The summed E-state index contributed by atoms with van der Waals surface area (Å²) >= 11 is 1.57. The molecule has 0 fully saturated rings. The molecule has 1 atom stereocenters. The summed E-state index contributed by atoms with van der Waals surface area (Å²) < 4.78 is 7.30. The van der Waals surface area contributed by atoms with E-state index < -0.39 is 12.1 Å². The molecule has 10 heteroatoms. The topological polar surface area (TPSA) is 114 Å². The lowest BCUT2D eigenvalue weighted by molar-refractivity contribution is 0.0696. The average Bonchev–Trinajstić information content (AvgIpc) is 3.32. The summed E-state index contributed by atoms with van der Waals surface area (Å²) in [5.41, 5.74) is 2.73. The highest BCUT2D eigenvalue weighted by atomic mass is 32.2. The maximum absolute atomic E-state index is 11.1. The minimum absolute atomic E-state index is 0.165. The molecule has 0 radical (unpaired) electrons. The smallest absolute Gasteiger partial charge is 0.335 e. The molecule has 3 heterocycles. The fraction of sp³-hybridized carbons (Fsp3) is 0.167. The van der Waals surface area contributed by atoms with Crippen LogP contribution in [0, 0.1) is 0 Å². The molecular weight excluding hydrogens is 454 g/mol. The summed E-state index contributed by atoms with van der Waals surface area (Å²) in [4.78, 5) is 27.4. The Labute approximate surface area is 199 Å². The second-order valence-electron chi connectivity index (χ2n) is 7.68. The number of hydrogen-bond donors (Lipinski definition) is 2. The molecule has 4 aromatic rings. The highest BCUT2D eigenvalue weighted by Crippen LogP contribution is 2.46. The Bertz CT molecular complexity index is 1340. The van der Waals surface area contributed by atoms with Crippen LogP contribution in [0.1, 0.15) is 33.4 Å². The lowest BCUT2D eigenvalue weighted by atomic mass is 10.1. The second-order valence-corrected chi connectivity index (χ2v) is 8.71. The van der Waals surface area contributed by atoms with Crippen molar-refractivity contribution < 1.29 is 19.7 Å². The van der Waals surface area contributed by atoms with Crippen LogP contribution in [-0.4, -0.2) is 49.5 Å². The number of carboxylic acid groups (broad SMARTS) is 1. The SMILES string of the molecule is COCN1c2cc(Cn3ccnc3C(O)c3ccc(C(=O)O)cc3)ccc2Sc2nccnc21. The Kier molecular flexibility index (Phi) is 6.01. The Balaban J connectivity index is 1.42. The van der Waals surface area contributed by atoms with Gasteiger partial charge in [0.1, 0.15) is 23.7 Å². The van der Waals surface area contributed by atoms with E-state index >= 15 is 0 Å². The molecule has 5 rings (SSSR count). The number of benzene rings is 2. The van der Waals surface area contributed by atoms with Gasteiger partial charge in [0.15, 0.2) is 5.82 Å². The molecule has 1 unspecified atom stereocenters. The summed E-state index contributed by atoms with van der Waals surface area (Å²) in [6.07, 6.45) is 5.81. The fourth-order valence-electron chi connectivity index (χ4n) is 3.87. The van der Waals surface area contributed by atoms with E-state index in [4.69, 9.17) is 9.84 Å². The minimum Gasteiger partial charge on any atom is -0.478 e. The van der Waals surface area contributed by atoms with Crippen molar-refractivity contribution >= 4 is 29.2 Å². The molecule has 34 heavy (non-hydrogen) atoms. The van der Waals surface area contributed by atoms with Crippen molar-refractivity contribution in [3.05, 3.63) is 89.8 Å².